The zero-order valence-electron chi connectivity index (χ0n) is 10.1. The van der Waals surface area contributed by atoms with E-state index in [2.05, 4.69) is 35.5 Å². The molecule has 0 amide bonds. The molecule has 0 aliphatic rings. The number of rotatable bonds is 4. The van der Waals surface area contributed by atoms with Crippen LogP contribution in [-0.4, -0.2) is 14.8 Å². The largest absolute Gasteiger partial charge is 0.317 e. The van der Waals surface area contributed by atoms with Gasteiger partial charge in [-0.2, -0.15) is 0 Å². The quantitative estimate of drug-likeness (QED) is 0.742. The fourth-order valence-electron chi connectivity index (χ4n) is 1.21. The molecule has 0 N–H and O–H groups in total. The maximum Gasteiger partial charge on any atom is 0.135 e. The second kappa shape index (κ2) is 7.54. The summed E-state index contributed by atoms with van der Waals surface area (Å²) >= 11 is 0. The normalized spacial score (nSPS) is 9.86. The molecule has 0 fully saturated rings. The Kier molecular flexibility index (Phi) is 7.07. The van der Waals surface area contributed by atoms with E-state index in [0.29, 0.717) is 5.92 Å². The van der Waals surface area contributed by atoms with Crippen molar-refractivity contribution in [2.24, 2.45) is 0 Å². The summed E-state index contributed by atoms with van der Waals surface area (Å²) in [6.45, 7) is 11.5. The van der Waals surface area contributed by atoms with E-state index in [4.69, 9.17) is 0 Å². The first-order chi connectivity index (χ1) is 6.75. The maximum absolute atomic E-state index is 4.08. The standard InChI is InChI=1S/C9H17N3.C2H6/c1-4-5-6-12-7-10-11-9(12)8(2)3;1-2/h7-8H,4-6H2,1-3H3;1-2H3. The number of aryl methyl sites for hydroxylation is 1. The zero-order chi connectivity index (χ0) is 11.0. The molecule has 3 nitrogen and oxygen atoms in total. The Balaban J connectivity index is 0.000000791. The van der Waals surface area contributed by atoms with E-state index in [0.717, 1.165) is 12.4 Å². The lowest BCUT2D eigenvalue weighted by atomic mass is 10.2. The molecule has 0 saturated carbocycles. The van der Waals surface area contributed by atoms with Crippen LogP contribution >= 0.6 is 0 Å². The van der Waals surface area contributed by atoms with E-state index in [9.17, 15) is 0 Å². The van der Waals surface area contributed by atoms with Crippen molar-refractivity contribution >= 4 is 0 Å². The predicted octanol–water partition coefficient (Wildman–Crippen LogP) is 3.23. The number of nitrogens with zero attached hydrogens (tertiary/aromatic N) is 3. The summed E-state index contributed by atoms with van der Waals surface area (Å²) in [5, 5.41) is 7.99. The van der Waals surface area contributed by atoms with E-state index in [-0.39, 0.29) is 0 Å². The average molecular weight is 197 g/mol. The van der Waals surface area contributed by atoms with Crippen molar-refractivity contribution in [3.63, 3.8) is 0 Å². The van der Waals surface area contributed by atoms with E-state index in [1.54, 1.807) is 0 Å². The van der Waals surface area contributed by atoms with Crippen molar-refractivity contribution in [2.45, 2.75) is 59.9 Å². The van der Waals surface area contributed by atoms with Crippen LogP contribution in [0.2, 0.25) is 0 Å². The smallest absolute Gasteiger partial charge is 0.135 e. The van der Waals surface area contributed by atoms with E-state index in [1.807, 2.05) is 20.2 Å². The molecule has 0 aliphatic carbocycles. The molecule has 1 heterocycles. The summed E-state index contributed by atoms with van der Waals surface area (Å²) in [6.07, 6.45) is 4.25. The van der Waals surface area contributed by atoms with Gasteiger partial charge in [-0.15, -0.1) is 10.2 Å². The monoisotopic (exact) mass is 197 g/mol. The molecule has 0 spiro atoms. The van der Waals surface area contributed by atoms with Crippen LogP contribution in [0, 0.1) is 0 Å². The van der Waals surface area contributed by atoms with Gasteiger partial charge < -0.3 is 4.57 Å². The molecule has 0 unspecified atom stereocenters. The third-order valence-electron chi connectivity index (χ3n) is 1.91. The lowest BCUT2D eigenvalue weighted by Gasteiger charge is -2.07. The average Bonchev–Trinajstić information content (AvgIpc) is 2.66. The SMILES string of the molecule is CC.CCCCn1cnnc1C(C)C. The number of unbranched alkanes of at least 4 members (excludes halogenated alkanes) is 1. The predicted molar refractivity (Wildman–Crippen MR) is 60.4 cm³/mol. The van der Waals surface area contributed by atoms with Gasteiger partial charge in [0.15, 0.2) is 0 Å². The van der Waals surface area contributed by atoms with E-state index < -0.39 is 0 Å². The Hall–Kier alpha value is -0.860. The molecule has 14 heavy (non-hydrogen) atoms. The van der Waals surface area contributed by atoms with Gasteiger partial charge in [0.05, 0.1) is 0 Å². The fourth-order valence-corrected chi connectivity index (χ4v) is 1.21. The summed E-state index contributed by atoms with van der Waals surface area (Å²) in [6, 6.07) is 0. The first-order valence-electron chi connectivity index (χ1n) is 5.63. The van der Waals surface area contributed by atoms with Gasteiger partial charge in [-0.1, -0.05) is 41.0 Å². The summed E-state index contributed by atoms with van der Waals surface area (Å²) in [4.78, 5) is 0. The summed E-state index contributed by atoms with van der Waals surface area (Å²) in [7, 11) is 0. The maximum atomic E-state index is 4.08. The van der Waals surface area contributed by atoms with Gasteiger partial charge in [0.25, 0.3) is 0 Å². The first kappa shape index (κ1) is 13.1. The Morgan fingerprint density at radius 3 is 2.50 bits per heavy atom. The molecule has 0 aliphatic heterocycles. The van der Waals surface area contributed by atoms with E-state index in [1.165, 1.54) is 12.8 Å². The van der Waals surface area contributed by atoms with E-state index >= 15 is 0 Å². The summed E-state index contributed by atoms with van der Waals surface area (Å²) in [5.74, 6) is 1.58. The number of hydrogen-bond donors (Lipinski definition) is 0. The highest BCUT2D eigenvalue weighted by Crippen LogP contribution is 2.10. The van der Waals surface area contributed by atoms with Crippen molar-refractivity contribution in [1.29, 1.82) is 0 Å². The minimum atomic E-state index is 0.476. The van der Waals surface area contributed by atoms with Crippen molar-refractivity contribution < 1.29 is 0 Å². The second-order valence-corrected chi connectivity index (χ2v) is 3.39. The van der Waals surface area contributed by atoms with Crippen molar-refractivity contribution in [2.75, 3.05) is 0 Å². The molecule has 0 atom stereocenters. The summed E-state index contributed by atoms with van der Waals surface area (Å²) in [5.41, 5.74) is 0. The first-order valence-corrected chi connectivity index (χ1v) is 5.63. The second-order valence-electron chi connectivity index (χ2n) is 3.39. The third kappa shape index (κ3) is 3.90. The van der Waals surface area contributed by atoms with Crippen LogP contribution in [0.25, 0.3) is 0 Å². The molecule has 1 aromatic heterocycles. The van der Waals surface area contributed by atoms with Crippen LogP contribution in [0.3, 0.4) is 0 Å². The van der Waals surface area contributed by atoms with Gasteiger partial charge in [-0.05, 0) is 6.42 Å². The highest BCUT2D eigenvalue weighted by molar-refractivity contribution is 4.91. The molecular formula is C11H23N3. The molecule has 3 heteroatoms. The van der Waals surface area contributed by atoms with Gasteiger partial charge in [-0.25, -0.2) is 0 Å². The van der Waals surface area contributed by atoms with Crippen LogP contribution in [0.4, 0.5) is 0 Å². The zero-order valence-corrected chi connectivity index (χ0v) is 10.1. The highest BCUT2D eigenvalue weighted by atomic mass is 15.3. The Morgan fingerprint density at radius 1 is 1.36 bits per heavy atom. The molecule has 82 valence electrons. The molecule has 1 aromatic rings. The Bertz CT molecular complexity index is 228. The number of hydrogen-bond acceptors (Lipinski definition) is 2. The van der Waals surface area contributed by atoms with Crippen molar-refractivity contribution in [3.05, 3.63) is 12.2 Å². The number of aromatic nitrogens is 3. The molecule has 1 rings (SSSR count). The minimum absolute atomic E-state index is 0.476. The Morgan fingerprint density at radius 2 is 2.00 bits per heavy atom. The topological polar surface area (TPSA) is 30.7 Å². The van der Waals surface area contributed by atoms with Gasteiger partial charge in [-0.3, -0.25) is 0 Å². The lowest BCUT2D eigenvalue weighted by molar-refractivity contribution is 0.583. The Labute approximate surface area is 87.5 Å². The van der Waals surface area contributed by atoms with Crippen LogP contribution in [0.1, 0.15) is 59.2 Å². The molecule has 0 bridgehead atoms. The molecule has 0 saturated heterocycles. The molecule has 0 aromatic carbocycles. The van der Waals surface area contributed by atoms with Gasteiger partial charge in [0.1, 0.15) is 12.2 Å². The summed E-state index contributed by atoms with van der Waals surface area (Å²) < 4.78 is 2.15. The van der Waals surface area contributed by atoms with Crippen LogP contribution < -0.4 is 0 Å². The molecule has 0 radical (unpaired) electrons. The van der Waals surface area contributed by atoms with Crippen LogP contribution in [0.15, 0.2) is 6.33 Å². The van der Waals surface area contributed by atoms with Crippen molar-refractivity contribution in [1.82, 2.24) is 14.8 Å². The fraction of sp³-hybridized carbons (Fsp3) is 0.818. The molecular weight excluding hydrogens is 174 g/mol. The van der Waals surface area contributed by atoms with Crippen molar-refractivity contribution in [3.8, 4) is 0 Å². The van der Waals surface area contributed by atoms with Crippen LogP contribution in [0.5, 0.6) is 0 Å². The third-order valence-corrected chi connectivity index (χ3v) is 1.91. The highest BCUT2D eigenvalue weighted by Gasteiger charge is 2.06. The van der Waals surface area contributed by atoms with Gasteiger partial charge in [0.2, 0.25) is 0 Å². The van der Waals surface area contributed by atoms with Crippen LogP contribution in [-0.2, 0) is 6.54 Å². The van der Waals surface area contributed by atoms with Gasteiger partial charge >= 0.3 is 0 Å². The lowest BCUT2D eigenvalue weighted by Crippen LogP contribution is -2.04. The minimum Gasteiger partial charge on any atom is -0.317 e. The van der Waals surface area contributed by atoms with Gasteiger partial charge in [0, 0.05) is 12.5 Å².